The molecule has 0 aliphatic heterocycles. The molecule has 2 unspecified atom stereocenters. The van der Waals surface area contributed by atoms with Crippen molar-refractivity contribution >= 4 is 44.5 Å². The van der Waals surface area contributed by atoms with Crippen LogP contribution in [0.4, 0.5) is 0 Å². The largest absolute Gasteiger partial charge is 0.405 e. The number of hydrogen-bond acceptors (Lipinski definition) is 2. The number of fused-ring (bicyclic) bond motifs is 6. The minimum atomic E-state index is 0.0975. The van der Waals surface area contributed by atoms with Gasteiger partial charge in [-0.25, -0.2) is 0 Å². The number of nitrogens with two attached hydrogens (primary N) is 1. The van der Waals surface area contributed by atoms with Gasteiger partial charge in [-0.1, -0.05) is 73.2 Å². The molecule has 4 heteroatoms. The zero-order valence-electron chi connectivity index (χ0n) is 25.0. The van der Waals surface area contributed by atoms with Gasteiger partial charge in [0, 0.05) is 56.5 Å². The number of hydrogen-bond donors (Lipinski definition) is 1. The zero-order valence-corrected chi connectivity index (χ0v) is 25.0. The predicted molar refractivity (Wildman–Crippen MR) is 180 cm³/mol. The van der Waals surface area contributed by atoms with E-state index in [1.807, 2.05) is 18.2 Å². The third kappa shape index (κ3) is 4.27. The molecule has 0 fully saturated rings. The average Bonchev–Trinajstić information content (AvgIpc) is 3.56. The van der Waals surface area contributed by atoms with Gasteiger partial charge in [-0.3, -0.25) is 0 Å². The Labute approximate surface area is 253 Å². The summed E-state index contributed by atoms with van der Waals surface area (Å²) in [6, 6.07) is 26.0. The molecular weight excluding hydrogens is 524 g/mol. The van der Waals surface area contributed by atoms with Crippen molar-refractivity contribution in [3.05, 3.63) is 131 Å². The van der Waals surface area contributed by atoms with E-state index in [0.717, 1.165) is 30.2 Å². The van der Waals surface area contributed by atoms with E-state index >= 15 is 0 Å². The van der Waals surface area contributed by atoms with Gasteiger partial charge in [0.2, 0.25) is 0 Å². The Morgan fingerprint density at radius 3 is 2.53 bits per heavy atom. The van der Waals surface area contributed by atoms with Crippen LogP contribution in [0.15, 0.2) is 114 Å². The van der Waals surface area contributed by atoms with Crippen molar-refractivity contribution in [3.8, 4) is 6.07 Å². The summed E-state index contributed by atoms with van der Waals surface area (Å²) in [5, 5.41) is 13.3. The first-order valence-electron chi connectivity index (χ1n) is 15.2. The Hall–Kier alpha value is -5.01. The Morgan fingerprint density at radius 1 is 1.00 bits per heavy atom. The maximum atomic E-state index is 9.69. The van der Waals surface area contributed by atoms with E-state index in [9.17, 15) is 5.26 Å². The first-order valence-corrected chi connectivity index (χ1v) is 15.2. The standard InChI is InChI=1S/C39H36N4/c1-25(11-10-20-40)26(2)33-22-29(42-35-15-7-6-14-32(35)34-21-28(24-41)18-19-38(34)42)23-39(27(33)3)43-36-16-8-4-12-30(36)31-13-5-9-17-37(31)43/h4-8,10-16,18-22,26,29H,9,17,23,40H2,1-3H3/b20-10-,25-11-. The molecule has 0 saturated carbocycles. The lowest BCUT2D eigenvalue weighted by atomic mass is 9.82. The van der Waals surface area contributed by atoms with E-state index in [1.165, 1.54) is 55.5 Å². The molecule has 5 aromatic rings. The topological polar surface area (TPSA) is 59.7 Å². The fourth-order valence-electron chi connectivity index (χ4n) is 7.31. The average molecular weight is 561 g/mol. The van der Waals surface area contributed by atoms with Crippen molar-refractivity contribution in [2.24, 2.45) is 11.7 Å². The molecule has 3 aromatic carbocycles. The van der Waals surface area contributed by atoms with Crippen LogP contribution in [0.5, 0.6) is 0 Å². The van der Waals surface area contributed by atoms with Gasteiger partial charge >= 0.3 is 0 Å². The fourth-order valence-corrected chi connectivity index (χ4v) is 7.31. The van der Waals surface area contributed by atoms with Crippen LogP contribution in [0, 0.1) is 17.2 Å². The Morgan fingerprint density at radius 2 is 1.74 bits per heavy atom. The van der Waals surface area contributed by atoms with Crippen LogP contribution in [0.3, 0.4) is 0 Å². The number of benzene rings is 3. The number of para-hydroxylation sites is 2. The third-order valence-electron chi connectivity index (χ3n) is 9.55. The van der Waals surface area contributed by atoms with Crippen LogP contribution < -0.4 is 5.73 Å². The van der Waals surface area contributed by atoms with Gasteiger partial charge < -0.3 is 14.9 Å². The summed E-state index contributed by atoms with van der Waals surface area (Å²) in [4.78, 5) is 0. The molecule has 2 N–H and O–H groups in total. The van der Waals surface area contributed by atoms with E-state index in [0.29, 0.717) is 5.56 Å². The van der Waals surface area contributed by atoms with Gasteiger partial charge in [-0.15, -0.1) is 0 Å². The summed E-state index contributed by atoms with van der Waals surface area (Å²) in [6.45, 7) is 6.82. The Balaban J connectivity index is 1.50. The molecule has 0 radical (unpaired) electrons. The van der Waals surface area contributed by atoms with Crippen molar-refractivity contribution in [1.29, 1.82) is 5.26 Å². The van der Waals surface area contributed by atoms with Gasteiger partial charge in [0.05, 0.1) is 23.2 Å². The summed E-state index contributed by atoms with van der Waals surface area (Å²) in [7, 11) is 0. The van der Waals surface area contributed by atoms with E-state index in [2.05, 4.69) is 115 Å². The number of aromatic nitrogens is 2. The minimum absolute atomic E-state index is 0.0975. The van der Waals surface area contributed by atoms with Crippen molar-refractivity contribution in [3.63, 3.8) is 0 Å². The van der Waals surface area contributed by atoms with Crippen LogP contribution in [-0.4, -0.2) is 9.13 Å². The second-order valence-corrected chi connectivity index (χ2v) is 11.9. The molecule has 0 spiro atoms. The maximum absolute atomic E-state index is 9.69. The van der Waals surface area contributed by atoms with Gasteiger partial charge in [-0.2, -0.15) is 5.26 Å². The van der Waals surface area contributed by atoms with Gasteiger partial charge in [-0.05, 0) is 80.4 Å². The molecule has 2 aliphatic rings. The predicted octanol–water partition coefficient (Wildman–Crippen LogP) is 9.44. The van der Waals surface area contributed by atoms with Gasteiger partial charge in [0.25, 0.3) is 0 Å². The SMILES string of the molecule is CC1=C(n2c3c(c4ccccc42)C=CCC3)CC(n2c3ccccc3c3cc(C#N)ccc32)C=C1C(C)/C(C)=C\C=C/N. The fraction of sp³-hybridized carbons (Fsp3) is 0.205. The van der Waals surface area contributed by atoms with E-state index in [4.69, 9.17) is 5.73 Å². The molecule has 43 heavy (non-hydrogen) atoms. The molecule has 7 rings (SSSR count). The molecule has 0 amide bonds. The number of nitriles is 1. The molecule has 4 nitrogen and oxygen atoms in total. The summed E-state index contributed by atoms with van der Waals surface area (Å²) in [5.41, 5.74) is 18.1. The molecule has 2 atom stereocenters. The first-order chi connectivity index (χ1) is 21.0. The monoisotopic (exact) mass is 560 g/mol. The Bertz CT molecular complexity index is 2120. The van der Waals surface area contributed by atoms with Crippen LogP contribution in [0.2, 0.25) is 0 Å². The number of allylic oxidation sites excluding steroid dienone is 8. The number of nitrogens with zero attached hydrogens (tertiary/aromatic N) is 3. The van der Waals surface area contributed by atoms with Crippen molar-refractivity contribution < 1.29 is 0 Å². The second-order valence-electron chi connectivity index (χ2n) is 11.9. The van der Waals surface area contributed by atoms with Gasteiger partial charge in [0.1, 0.15) is 0 Å². The summed E-state index contributed by atoms with van der Waals surface area (Å²) >= 11 is 0. The van der Waals surface area contributed by atoms with Crippen molar-refractivity contribution in [2.75, 3.05) is 0 Å². The molecular formula is C39H36N4. The van der Waals surface area contributed by atoms with Crippen LogP contribution in [-0.2, 0) is 6.42 Å². The first kappa shape index (κ1) is 26.9. The van der Waals surface area contributed by atoms with E-state index < -0.39 is 0 Å². The van der Waals surface area contributed by atoms with Crippen LogP contribution in [0.25, 0.3) is 44.5 Å². The maximum Gasteiger partial charge on any atom is 0.0991 e. The third-order valence-corrected chi connectivity index (χ3v) is 9.55. The Kier molecular flexibility index (Phi) is 6.67. The highest BCUT2D eigenvalue weighted by molar-refractivity contribution is 6.08. The highest BCUT2D eigenvalue weighted by Crippen LogP contribution is 2.45. The smallest absolute Gasteiger partial charge is 0.0991 e. The summed E-state index contributed by atoms with van der Waals surface area (Å²) < 4.78 is 5.08. The summed E-state index contributed by atoms with van der Waals surface area (Å²) in [6.07, 6.45) is 15.7. The molecule has 212 valence electrons. The highest BCUT2D eigenvalue weighted by atomic mass is 15.1. The molecule has 2 aromatic heterocycles. The van der Waals surface area contributed by atoms with E-state index in [-0.39, 0.29) is 12.0 Å². The van der Waals surface area contributed by atoms with Crippen molar-refractivity contribution in [2.45, 2.75) is 46.1 Å². The highest BCUT2D eigenvalue weighted by Gasteiger charge is 2.30. The van der Waals surface area contributed by atoms with Crippen LogP contribution in [0.1, 0.15) is 56.5 Å². The summed E-state index contributed by atoms with van der Waals surface area (Å²) in [5.74, 6) is 0.213. The normalized spacial score (nSPS) is 18.0. The lowest BCUT2D eigenvalue weighted by molar-refractivity contribution is 0.618. The van der Waals surface area contributed by atoms with E-state index in [1.54, 1.807) is 6.20 Å². The molecule has 2 heterocycles. The lowest BCUT2D eigenvalue weighted by Crippen LogP contribution is -2.20. The zero-order chi connectivity index (χ0) is 29.7. The molecule has 0 saturated heterocycles. The minimum Gasteiger partial charge on any atom is -0.405 e. The molecule has 0 bridgehead atoms. The van der Waals surface area contributed by atoms with Gasteiger partial charge in [0.15, 0.2) is 0 Å². The van der Waals surface area contributed by atoms with Crippen molar-refractivity contribution in [1.82, 2.24) is 9.13 Å². The molecule has 2 aliphatic carbocycles. The quantitative estimate of drug-likeness (QED) is 0.218. The lowest BCUT2D eigenvalue weighted by Gasteiger charge is -2.32. The number of rotatable bonds is 5. The second kappa shape index (κ2) is 10.7. The van der Waals surface area contributed by atoms with Crippen LogP contribution >= 0.6 is 0 Å².